The lowest BCUT2D eigenvalue weighted by Gasteiger charge is -2.26. The monoisotopic (exact) mass is 573 g/mol. The molecule has 0 spiro atoms. The Balaban J connectivity index is 1.27. The molecule has 6 rings (SSSR count). The minimum absolute atomic E-state index is 0.0518. The third kappa shape index (κ3) is 4.47. The molecule has 1 N–H and O–H groups in total. The van der Waals surface area contributed by atoms with E-state index in [1.807, 2.05) is 25.1 Å². The first-order valence-electron chi connectivity index (χ1n) is 12.3. The van der Waals surface area contributed by atoms with Gasteiger partial charge in [0, 0.05) is 36.3 Å². The van der Waals surface area contributed by atoms with E-state index in [0.717, 1.165) is 17.5 Å². The van der Waals surface area contributed by atoms with Crippen LogP contribution in [0.25, 0.3) is 22.0 Å². The Morgan fingerprint density at radius 3 is 2.61 bits per heavy atom. The van der Waals surface area contributed by atoms with Gasteiger partial charge in [-0.15, -0.1) is 0 Å². The highest BCUT2D eigenvalue weighted by Crippen LogP contribution is 2.48. The lowest BCUT2D eigenvalue weighted by Crippen LogP contribution is -2.46. The number of hydrogen-bond acceptors (Lipinski definition) is 7. The topological polar surface area (TPSA) is 123 Å². The molecule has 0 bridgehead atoms. The highest BCUT2D eigenvalue weighted by Gasteiger charge is 2.56. The molecule has 1 aromatic carbocycles. The second kappa shape index (κ2) is 9.39. The molecule has 1 saturated carbocycles. The van der Waals surface area contributed by atoms with Crippen molar-refractivity contribution in [3.8, 4) is 11.1 Å². The van der Waals surface area contributed by atoms with Crippen molar-refractivity contribution in [1.29, 1.82) is 0 Å². The Hall–Kier alpha value is -3.99. The summed E-state index contributed by atoms with van der Waals surface area (Å²) in [6.07, 6.45) is 4.99. The summed E-state index contributed by atoms with van der Waals surface area (Å²) in [5.41, 5.74) is 2.64. The van der Waals surface area contributed by atoms with Crippen LogP contribution in [0.3, 0.4) is 0 Å². The van der Waals surface area contributed by atoms with Crippen molar-refractivity contribution >= 4 is 50.2 Å². The van der Waals surface area contributed by atoms with Gasteiger partial charge >= 0.3 is 0 Å². The maximum Gasteiger partial charge on any atom is 0.248 e. The maximum absolute atomic E-state index is 13.6. The standard InChI is InChI=1S/C27H24BrN7O3/c1-14(36)26-19-8-16(18-11-29-15(2)30-12-18)6-7-20(19)34(33-26)13-25(37)35-21-9-17(21)10-22(35)27(38)32-24-5-3-4-23(28)31-24/h3-8,11-12,17,21-22H,9-10,13H2,1-2H3,(H,31,32,38). The van der Waals surface area contributed by atoms with Gasteiger partial charge in [0.05, 0.1) is 5.52 Å². The number of hydrogen-bond donors (Lipinski definition) is 1. The molecule has 2 fully saturated rings. The van der Waals surface area contributed by atoms with Crippen LogP contribution in [0, 0.1) is 12.8 Å². The zero-order valence-corrected chi connectivity index (χ0v) is 22.3. The fraction of sp³-hybridized carbons (Fsp3) is 0.296. The number of nitrogens with one attached hydrogen (secondary N) is 1. The molecule has 1 aliphatic heterocycles. The minimum Gasteiger partial charge on any atom is -0.326 e. The third-order valence-corrected chi connectivity index (χ3v) is 7.59. The van der Waals surface area contributed by atoms with Crippen LogP contribution in [-0.2, 0) is 16.1 Å². The predicted molar refractivity (Wildman–Crippen MR) is 143 cm³/mol. The summed E-state index contributed by atoms with van der Waals surface area (Å²) >= 11 is 3.31. The average Bonchev–Trinajstić information content (AvgIpc) is 3.39. The number of amides is 2. The van der Waals surface area contributed by atoms with Crippen molar-refractivity contribution in [3.63, 3.8) is 0 Å². The third-order valence-electron chi connectivity index (χ3n) is 7.14. The Morgan fingerprint density at radius 2 is 1.87 bits per heavy atom. The van der Waals surface area contributed by atoms with Crippen LogP contribution in [-0.4, -0.2) is 59.3 Å². The number of ketones is 1. The van der Waals surface area contributed by atoms with Gasteiger partial charge in [-0.25, -0.2) is 15.0 Å². The molecule has 10 nitrogen and oxygen atoms in total. The quantitative estimate of drug-likeness (QED) is 0.275. The van der Waals surface area contributed by atoms with Crippen molar-refractivity contribution in [3.05, 3.63) is 64.9 Å². The maximum atomic E-state index is 13.6. The summed E-state index contributed by atoms with van der Waals surface area (Å²) in [5.74, 6) is 0.776. The largest absolute Gasteiger partial charge is 0.326 e. The molecule has 38 heavy (non-hydrogen) atoms. The number of fused-ring (bicyclic) bond motifs is 2. The second-order valence-electron chi connectivity index (χ2n) is 9.76. The summed E-state index contributed by atoms with van der Waals surface area (Å²) in [5, 5.41) is 8.00. The van der Waals surface area contributed by atoms with E-state index < -0.39 is 6.04 Å². The van der Waals surface area contributed by atoms with Gasteiger partial charge in [-0.3, -0.25) is 19.1 Å². The fourth-order valence-corrected chi connectivity index (χ4v) is 5.57. The highest BCUT2D eigenvalue weighted by atomic mass is 79.9. The highest BCUT2D eigenvalue weighted by molar-refractivity contribution is 9.10. The lowest BCUT2D eigenvalue weighted by molar-refractivity contribution is -0.138. The second-order valence-corrected chi connectivity index (χ2v) is 10.6. The number of aryl methyl sites for hydroxylation is 1. The van der Waals surface area contributed by atoms with E-state index in [9.17, 15) is 14.4 Å². The number of rotatable bonds is 6. The van der Waals surface area contributed by atoms with E-state index in [2.05, 4.69) is 41.3 Å². The first-order valence-corrected chi connectivity index (χ1v) is 13.1. The van der Waals surface area contributed by atoms with Crippen molar-refractivity contribution in [2.45, 2.75) is 45.3 Å². The molecule has 0 radical (unpaired) electrons. The van der Waals surface area contributed by atoms with E-state index in [1.54, 1.807) is 40.2 Å². The van der Waals surface area contributed by atoms with Crippen molar-refractivity contribution in [2.75, 3.05) is 5.32 Å². The van der Waals surface area contributed by atoms with Gasteiger partial charge in [0.25, 0.3) is 0 Å². The molecule has 4 heterocycles. The molecular formula is C27H24BrN7O3. The summed E-state index contributed by atoms with van der Waals surface area (Å²) in [6, 6.07) is 10.4. The van der Waals surface area contributed by atoms with Gasteiger partial charge in [0.1, 0.15) is 34.5 Å². The number of anilines is 1. The number of Topliss-reactive ketones (excluding diaryl/α,β-unsaturated/α-hetero) is 1. The van der Waals surface area contributed by atoms with E-state index in [4.69, 9.17) is 0 Å². The molecule has 1 saturated heterocycles. The number of piperidine rings is 1. The van der Waals surface area contributed by atoms with Crippen LogP contribution in [0.1, 0.15) is 36.1 Å². The smallest absolute Gasteiger partial charge is 0.248 e. The average molecular weight is 574 g/mol. The number of pyridine rings is 1. The van der Waals surface area contributed by atoms with Gasteiger partial charge in [0.2, 0.25) is 11.8 Å². The van der Waals surface area contributed by atoms with E-state index in [1.165, 1.54) is 6.92 Å². The zero-order valence-electron chi connectivity index (χ0n) is 20.8. The summed E-state index contributed by atoms with van der Waals surface area (Å²) < 4.78 is 2.17. The van der Waals surface area contributed by atoms with Crippen LogP contribution in [0.15, 0.2) is 53.4 Å². The lowest BCUT2D eigenvalue weighted by atomic mass is 10.0. The molecule has 192 valence electrons. The summed E-state index contributed by atoms with van der Waals surface area (Å²) in [6.45, 7) is 3.21. The molecule has 2 amide bonds. The van der Waals surface area contributed by atoms with Gasteiger partial charge in [-0.2, -0.15) is 5.10 Å². The van der Waals surface area contributed by atoms with Gasteiger partial charge < -0.3 is 10.2 Å². The number of carbonyl (C=O) groups excluding carboxylic acids is 3. The van der Waals surface area contributed by atoms with Gasteiger partial charge in [-0.1, -0.05) is 12.1 Å². The number of benzene rings is 1. The Kier molecular flexibility index (Phi) is 6.02. The van der Waals surface area contributed by atoms with E-state index >= 15 is 0 Å². The number of likely N-dealkylation sites (tertiary alicyclic amines) is 1. The van der Waals surface area contributed by atoms with Crippen molar-refractivity contribution < 1.29 is 14.4 Å². The fourth-order valence-electron chi connectivity index (χ4n) is 5.23. The van der Waals surface area contributed by atoms with Crippen LogP contribution < -0.4 is 5.32 Å². The van der Waals surface area contributed by atoms with Crippen LogP contribution in [0.4, 0.5) is 5.82 Å². The number of carbonyl (C=O) groups is 3. The minimum atomic E-state index is -0.575. The van der Waals surface area contributed by atoms with E-state index in [-0.39, 0.29) is 30.2 Å². The molecular weight excluding hydrogens is 550 g/mol. The number of nitrogens with zero attached hydrogens (tertiary/aromatic N) is 6. The molecule has 3 unspecified atom stereocenters. The predicted octanol–water partition coefficient (Wildman–Crippen LogP) is 3.79. The molecule has 3 atom stereocenters. The van der Waals surface area contributed by atoms with Crippen LogP contribution >= 0.6 is 15.9 Å². The Labute approximate surface area is 226 Å². The Bertz CT molecular complexity index is 1600. The first-order chi connectivity index (χ1) is 18.3. The van der Waals surface area contributed by atoms with Crippen LogP contribution in [0.5, 0.6) is 0 Å². The zero-order chi connectivity index (χ0) is 26.6. The SMILES string of the molecule is CC(=O)c1nn(CC(=O)N2C(C(=O)Nc3cccc(Br)n3)CC3CC32)c2ccc(-c3cnc(C)nc3)cc12. The molecule has 4 aromatic rings. The van der Waals surface area contributed by atoms with Gasteiger partial charge in [0.15, 0.2) is 5.78 Å². The van der Waals surface area contributed by atoms with Crippen LogP contribution in [0.2, 0.25) is 0 Å². The van der Waals surface area contributed by atoms with Crippen molar-refractivity contribution in [1.82, 2.24) is 29.6 Å². The Morgan fingerprint density at radius 1 is 1.08 bits per heavy atom. The normalized spacial score (nSPS) is 19.9. The summed E-state index contributed by atoms with van der Waals surface area (Å²) in [7, 11) is 0. The number of aromatic nitrogens is 5. The van der Waals surface area contributed by atoms with E-state index in [0.29, 0.717) is 45.2 Å². The summed E-state index contributed by atoms with van der Waals surface area (Å²) in [4.78, 5) is 53.6. The molecule has 1 aliphatic carbocycles. The molecule has 3 aromatic heterocycles. The van der Waals surface area contributed by atoms with Crippen molar-refractivity contribution in [2.24, 2.45) is 5.92 Å². The number of halogens is 1. The molecule has 11 heteroatoms. The molecule has 2 aliphatic rings. The first kappa shape index (κ1) is 24.4. The van der Waals surface area contributed by atoms with Gasteiger partial charge in [-0.05, 0) is 71.4 Å².